The number of aliphatic hydroxyl groups excluding tert-OH is 1. The summed E-state index contributed by atoms with van der Waals surface area (Å²) < 4.78 is 22.3. The van der Waals surface area contributed by atoms with E-state index in [1.165, 1.54) is 13.3 Å². The highest BCUT2D eigenvalue weighted by Crippen LogP contribution is 2.43. The fraction of sp³-hybridized carbons (Fsp3) is 0.586. The standard InChI is InChI=1S/C29H39FN6O2/c1-8-16(2)9-23(37)14-35-12-22(13-35)25-17(3)21(11-31)10-24(28(25)38-7)20(6)36-29-26(19(5)32-15-33-29)27(34-36)18(4)30/h10,15-16,18,20,22-23,37H,8-9,12-14H2,1-7H3. The van der Waals surface area contributed by atoms with Crippen LogP contribution in [0.15, 0.2) is 12.4 Å². The normalized spacial score (nSPS) is 17.6. The minimum absolute atomic E-state index is 0.181. The number of likely N-dealkylation sites (tertiary alicyclic amines) is 1. The van der Waals surface area contributed by atoms with Gasteiger partial charge in [-0.2, -0.15) is 10.4 Å². The van der Waals surface area contributed by atoms with Crippen molar-refractivity contribution >= 4 is 11.0 Å². The summed E-state index contributed by atoms with van der Waals surface area (Å²) in [6, 6.07) is 3.84. The number of fused-ring (bicyclic) bond motifs is 1. The van der Waals surface area contributed by atoms with Crippen LogP contribution in [-0.2, 0) is 0 Å². The van der Waals surface area contributed by atoms with Gasteiger partial charge in [-0.25, -0.2) is 19.0 Å². The summed E-state index contributed by atoms with van der Waals surface area (Å²) in [7, 11) is 1.65. The largest absolute Gasteiger partial charge is 0.496 e. The molecule has 9 heteroatoms. The predicted molar refractivity (Wildman–Crippen MR) is 145 cm³/mol. The average molecular weight is 523 g/mol. The van der Waals surface area contributed by atoms with Gasteiger partial charge in [0.2, 0.25) is 0 Å². The van der Waals surface area contributed by atoms with Crippen LogP contribution < -0.4 is 4.74 Å². The smallest absolute Gasteiger partial charge is 0.162 e. The lowest BCUT2D eigenvalue weighted by molar-refractivity contribution is 0.0517. The van der Waals surface area contributed by atoms with Crippen LogP contribution in [0.5, 0.6) is 5.75 Å². The molecule has 1 saturated heterocycles. The van der Waals surface area contributed by atoms with Crippen LogP contribution in [0.4, 0.5) is 4.39 Å². The molecule has 0 aliphatic carbocycles. The van der Waals surface area contributed by atoms with Crippen LogP contribution in [0.3, 0.4) is 0 Å². The lowest BCUT2D eigenvalue weighted by atomic mass is 9.83. The number of rotatable bonds is 10. The molecule has 4 unspecified atom stereocenters. The molecule has 4 rings (SSSR count). The molecule has 1 N–H and O–H groups in total. The molecule has 1 aromatic carbocycles. The topological polar surface area (TPSA) is 100 Å². The lowest BCUT2D eigenvalue weighted by Crippen LogP contribution is -2.48. The van der Waals surface area contributed by atoms with Crippen molar-refractivity contribution in [2.24, 2.45) is 5.92 Å². The highest BCUT2D eigenvalue weighted by atomic mass is 19.1. The average Bonchev–Trinajstić information content (AvgIpc) is 3.27. The Labute approximate surface area is 224 Å². The number of methoxy groups -OCH3 is 1. The van der Waals surface area contributed by atoms with Crippen LogP contribution >= 0.6 is 0 Å². The molecular weight excluding hydrogens is 483 g/mol. The zero-order valence-electron chi connectivity index (χ0n) is 23.5. The highest BCUT2D eigenvalue weighted by molar-refractivity contribution is 5.81. The van der Waals surface area contributed by atoms with Gasteiger partial charge in [0.1, 0.15) is 23.9 Å². The Hall–Kier alpha value is -3.09. The van der Waals surface area contributed by atoms with E-state index in [1.807, 2.05) is 26.8 Å². The van der Waals surface area contributed by atoms with Crippen molar-refractivity contribution in [2.75, 3.05) is 26.7 Å². The molecule has 0 spiro atoms. The monoisotopic (exact) mass is 522 g/mol. The Bertz CT molecular complexity index is 1340. The van der Waals surface area contributed by atoms with Gasteiger partial charge < -0.3 is 9.84 Å². The van der Waals surface area contributed by atoms with Gasteiger partial charge in [-0.15, -0.1) is 0 Å². The quantitative estimate of drug-likeness (QED) is 0.393. The van der Waals surface area contributed by atoms with Crippen molar-refractivity contribution in [3.05, 3.63) is 46.0 Å². The minimum atomic E-state index is -1.28. The number of β-amino-alcohol motifs (C(OH)–C–C–N with tert-alkyl or cyclic N) is 1. The third kappa shape index (κ3) is 5.12. The predicted octanol–water partition coefficient (Wildman–Crippen LogP) is 5.16. The first kappa shape index (κ1) is 27.9. The Morgan fingerprint density at radius 3 is 2.55 bits per heavy atom. The van der Waals surface area contributed by atoms with E-state index >= 15 is 0 Å². The van der Waals surface area contributed by atoms with E-state index in [9.17, 15) is 14.8 Å². The summed E-state index contributed by atoms with van der Waals surface area (Å²) in [5.41, 5.74) is 4.85. The van der Waals surface area contributed by atoms with E-state index in [4.69, 9.17) is 4.74 Å². The first-order valence-electron chi connectivity index (χ1n) is 13.5. The van der Waals surface area contributed by atoms with Crippen LogP contribution in [-0.4, -0.2) is 62.6 Å². The summed E-state index contributed by atoms with van der Waals surface area (Å²) in [6.07, 6.45) is 1.69. The maximum atomic E-state index is 14.6. The van der Waals surface area contributed by atoms with Crippen molar-refractivity contribution in [3.63, 3.8) is 0 Å². The second kappa shape index (κ2) is 11.3. The molecule has 1 aliphatic rings. The molecule has 38 heavy (non-hydrogen) atoms. The zero-order valence-corrected chi connectivity index (χ0v) is 23.5. The molecule has 3 heterocycles. The molecule has 2 aromatic heterocycles. The number of benzene rings is 1. The summed E-state index contributed by atoms with van der Waals surface area (Å²) in [5.74, 6) is 1.40. The molecular formula is C29H39FN6O2. The number of aliphatic hydroxyl groups is 1. The maximum absolute atomic E-state index is 14.6. The van der Waals surface area contributed by atoms with Crippen LogP contribution in [0.25, 0.3) is 11.0 Å². The van der Waals surface area contributed by atoms with Gasteiger partial charge >= 0.3 is 0 Å². The number of halogens is 1. The second-order valence-corrected chi connectivity index (χ2v) is 10.8. The fourth-order valence-corrected chi connectivity index (χ4v) is 5.68. The Balaban J connectivity index is 1.71. The lowest BCUT2D eigenvalue weighted by Gasteiger charge is -2.42. The molecule has 8 nitrogen and oxygen atoms in total. The summed E-state index contributed by atoms with van der Waals surface area (Å²) >= 11 is 0. The highest BCUT2D eigenvalue weighted by Gasteiger charge is 2.35. The van der Waals surface area contributed by atoms with Crippen LogP contribution in [0.2, 0.25) is 0 Å². The van der Waals surface area contributed by atoms with E-state index in [2.05, 4.69) is 39.9 Å². The van der Waals surface area contributed by atoms with Crippen LogP contribution in [0, 0.1) is 31.1 Å². The van der Waals surface area contributed by atoms with Crippen molar-refractivity contribution in [1.82, 2.24) is 24.6 Å². The number of alkyl halides is 1. The summed E-state index contributed by atoms with van der Waals surface area (Å²) in [4.78, 5) is 11.0. The zero-order chi connectivity index (χ0) is 27.7. The number of aryl methyl sites for hydroxylation is 1. The third-order valence-corrected chi connectivity index (χ3v) is 8.04. The van der Waals surface area contributed by atoms with Gasteiger partial charge in [0.25, 0.3) is 0 Å². The number of aromatic nitrogens is 4. The summed E-state index contributed by atoms with van der Waals surface area (Å²) in [6.45, 7) is 13.8. The van der Waals surface area contributed by atoms with E-state index in [1.54, 1.807) is 11.8 Å². The number of nitrogens with zero attached hydrogens (tertiary/aromatic N) is 6. The fourth-order valence-electron chi connectivity index (χ4n) is 5.68. The molecule has 204 valence electrons. The van der Waals surface area contributed by atoms with Crippen molar-refractivity contribution in [1.29, 1.82) is 5.26 Å². The van der Waals surface area contributed by atoms with Gasteiger partial charge in [0.15, 0.2) is 5.65 Å². The van der Waals surface area contributed by atoms with Crippen molar-refractivity contribution in [3.8, 4) is 11.8 Å². The number of nitriles is 1. The molecule has 0 radical (unpaired) electrons. The summed E-state index contributed by atoms with van der Waals surface area (Å²) in [5, 5.41) is 25.8. The Morgan fingerprint density at radius 1 is 1.24 bits per heavy atom. The first-order chi connectivity index (χ1) is 18.1. The van der Waals surface area contributed by atoms with E-state index < -0.39 is 6.17 Å². The number of ether oxygens (including phenoxy) is 1. The van der Waals surface area contributed by atoms with E-state index in [0.29, 0.717) is 40.4 Å². The van der Waals surface area contributed by atoms with Gasteiger partial charge in [-0.3, -0.25) is 4.90 Å². The molecule has 0 amide bonds. The van der Waals surface area contributed by atoms with Crippen molar-refractivity contribution in [2.45, 2.75) is 78.6 Å². The molecule has 1 aliphatic heterocycles. The van der Waals surface area contributed by atoms with Crippen molar-refractivity contribution < 1.29 is 14.2 Å². The molecule has 1 fully saturated rings. The molecule has 0 bridgehead atoms. The molecule has 4 atom stereocenters. The SMILES string of the molecule is CCC(C)CC(O)CN1CC(c2c(C)c(C#N)cc(C(C)n3nc(C(C)F)c4c(C)ncnc43)c2OC)C1. The molecule has 0 saturated carbocycles. The molecule has 3 aromatic rings. The van der Waals surface area contributed by atoms with Gasteiger partial charge in [-0.05, 0) is 51.7 Å². The Morgan fingerprint density at radius 2 is 1.95 bits per heavy atom. The van der Waals surface area contributed by atoms with Crippen LogP contribution in [0.1, 0.15) is 92.3 Å². The van der Waals surface area contributed by atoms with Gasteiger partial charge in [0, 0.05) is 36.7 Å². The maximum Gasteiger partial charge on any atom is 0.162 e. The number of hydrogen-bond acceptors (Lipinski definition) is 7. The minimum Gasteiger partial charge on any atom is -0.496 e. The first-order valence-corrected chi connectivity index (χ1v) is 13.5. The number of hydrogen-bond donors (Lipinski definition) is 1. The van der Waals surface area contributed by atoms with E-state index in [-0.39, 0.29) is 18.1 Å². The second-order valence-electron chi connectivity index (χ2n) is 10.8. The Kier molecular flexibility index (Phi) is 8.34. The van der Waals surface area contributed by atoms with E-state index in [0.717, 1.165) is 48.4 Å². The van der Waals surface area contributed by atoms with Gasteiger partial charge in [0.05, 0.1) is 42.0 Å². The third-order valence-electron chi connectivity index (χ3n) is 8.04. The van der Waals surface area contributed by atoms with Gasteiger partial charge in [-0.1, -0.05) is 20.3 Å².